The second kappa shape index (κ2) is 14.9. The first-order chi connectivity index (χ1) is 23.6. The molecule has 3 fully saturated rings. The van der Waals surface area contributed by atoms with Crippen LogP contribution in [0.25, 0.3) is 0 Å². The summed E-state index contributed by atoms with van der Waals surface area (Å²) in [7, 11) is -2.35. The maximum Gasteiger partial charge on any atom is 0.305 e. The Balaban J connectivity index is 1.49. The molecule has 3 amide bonds. The Hall–Kier alpha value is -3.03. The van der Waals surface area contributed by atoms with Crippen molar-refractivity contribution in [3.8, 4) is 0 Å². The normalized spacial score (nSPS) is 34.0. The standard InChI is InChI=1S/C33H48FN3O12Si/c1-17-29(50(3,4)34)22(15-23(39)36-13-7-8-19(36)16-38)49-33(17)20-14-18(35-30(44)28-26(42)25(41)27(43)31(45)48-28)10-11-21(20)37(32(33)46)12-6-5-9-24(40)47-2/h10-11,14,17,19,22,25-29,31,38,41-43,45H,5-9,12-13,15-16H2,1-4H3,(H,35,44)/t17-,19-,22+,25-,26-,27+,28-,29-,31+,33+/m0/s1. The summed E-state index contributed by atoms with van der Waals surface area (Å²) in [6.07, 6.45) is -8.09. The van der Waals surface area contributed by atoms with E-state index in [9.17, 15) is 44.7 Å². The molecule has 0 aromatic heterocycles. The summed E-state index contributed by atoms with van der Waals surface area (Å²) in [5.41, 5.74) is -1.65. The number of unbranched alkanes of at least 4 members (excludes halogenated alkanes) is 1. The number of carbonyl (C=O) groups is 4. The molecule has 1 aromatic rings. The summed E-state index contributed by atoms with van der Waals surface area (Å²) < 4.78 is 32.8. The van der Waals surface area contributed by atoms with Crippen molar-refractivity contribution in [1.29, 1.82) is 0 Å². The maximum absolute atomic E-state index is 16.3. The highest BCUT2D eigenvalue weighted by Crippen LogP contribution is 2.60. The number of methoxy groups -OCH3 is 1. The first-order valence-electron chi connectivity index (χ1n) is 17.1. The molecule has 4 aliphatic rings. The Kier molecular flexibility index (Phi) is 11.4. The van der Waals surface area contributed by atoms with E-state index in [0.717, 1.165) is 6.42 Å². The predicted molar refractivity (Wildman–Crippen MR) is 177 cm³/mol. The van der Waals surface area contributed by atoms with Gasteiger partial charge in [-0.15, -0.1) is 0 Å². The molecule has 17 heteroatoms. The number of likely N-dealkylation sites (tertiary alicyclic amines) is 1. The van der Waals surface area contributed by atoms with Gasteiger partial charge in [-0.3, -0.25) is 19.2 Å². The van der Waals surface area contributed by atoms with E-state index in [2.05, 4.69) is 5.32 Å². The van der Waals surface area contributed by atoms with Crippen molar-refractivity contribution in [2.75, 3.05) is 37.0 Å². The third kappa shape index (κ3) is 6.93. The third-order valence-corrected chi connectivity index (χ3v) is 13.1. The number of aliphatic hydroxyl groups is 5. The van der Waals surface area contributed by atoms with Crippen LogP contribution in [0.2, 0.25) is 18.6 Å². The predicted octanol–water partition coefficient (Wildman–Crippen LogP) is 0.263. The topological polar surface area (TPSA) is 216 Å². The zero-order chi connectivity index (χ0) is 36.7. The molecule has 0 bridgehead atoms. The molecule has 278 valence electrons. The number of aliphatic hydroxyl groups excluding tert-OH is 5. The van der Waals surface area contributed by atoms with Gasteiger partial charge in [0.1, 0.15) is 18.3 Å². The lowest BCUT2D eigenvalue weighted by Gasteiger charge is -2.37. The average Bonchev–Trinajstić information content (AvgIpc) is 3.73. The van der Waals surface area contributed by atoms with Gasteiger partial charge in [0.05, 0.1) is 38.0 Å². The van der Waals surface area contributed by atoms with Gasteiger partial charge in [-0.1, -0.05) is 6.92 Å². The summed E-state index contributed by atoms with van der Waals surface area (Å²) in [6, 6.07) is 4.24. The highest BCUT2D eigenvalue weighted by molar-refractivity contribution is 6.72. The van der Waals surface area contributed by atoms with E-state index in [4.69, 9.17) is 14.2 Å². The Labute approximate surface area is 290 Å². The molecule has 4 aliphatic heterocycles. The molecule has 0 unspecified atom stereocenters. The van der Waals surface area contributed by atoms with Crippen LogP contribution in [-0.4, -0.2) is 132 Å². The molecule has 1 spiro atoms. The second-order valence-electron chi connectivity index (χ2n) is 14.2. The van der Waals surface area contributed by atoms with Crippen LogP contribution in [-0.2, 0) is 39.0 Å². The van der Waals surface area contributed by atoms with Gasteiger partial charge < -0.3 is 59.0 Å². The van der Waals surface area contributed by atoms with Crippen LogP contribution in [0, 0.1) is 5.92 Å². The monoisotopic (exact) mass is 725 g/mol. The van der Waals surface area contributed by atoms with Crippen molar-refractivity contribution < 1.29 is 63.0 Å². The molecular formula is C33H48FN3O12Si. The molecule has 1 aromatic carbocycles. The number of hydrogen-bond donors (Lipinski definition) is 6. The zero-order valence-corrected chi connectivity index (χ0v) is 29.7. The van der Waals surface area contributed by atoms with E-state index in [1.165, 1.54) is 37.2 Å². The Bertz CT molecular complexity index is 1460. The Morgan fingerprint density at radius 1 is 1.12 bits per heavy atom. The van der Waals surface area contributed by atoms with E-state index in [1.807, 2.05) is 0 Å². The first-order valence-corrected chi connectivity index (χ1v) is 20.0. The molecule has 3 saturated heterocycles. The van der Waals surface area contributed by atoms with Crippen LogP contribution in [0.3, 0.4) is 0 Å². The number of fused-ring (bicyclic) bond motifs is 2. The Morgan fingerprint density at radius 3 is 2.50 bits per heavy atom. The minimum Gasteiger partial charge on any atom is -0.469 e. The van der Waals surface area contributed by atoms with Crippen molar-refractivity contribution in [1.82, 2.24) is 4.90 Å². The van der Waals surface area contributed by atoms with Crippen LogP contribution in [0.1, 0.15) is 51.0 Å². The number of anilines is 2. The molecule has 15 nitrogen and oxygen atoms in total. The van der Waals surface area contributed by atoms with E-state index in [-0.39, 0.29) is 43.6 Å². The minimum absolute atomic E-state index is 0.130. The van der Waals surface area contributed by atoms with Crippen molar-refractivity contribution in [2.45, 2.75) is 113 Å². The van der Waals surface area contributed by atoms with E-state index < -0.39 is 80.1 Å². The van der Waals surface area contributed by atoms with Gasteiger partial charge >= 0.3 is 5.97 Å². The highest BCUT2D eigenvalue weighted by Gasteiger charge is 2.67. The van der Waals surface area contributed by atoms with Crippen molar-refractivity contribution in [2.24, 2.45) is 5.92 Å². The molecule has 5 rings (SSSR count). The van der Waals surface area contributed by atoms with Crippen molar-refractivity contribution in [3.05, 3.63) is 23.8 Å². The van der Waals surface area contributed by atoms with Gasteiger partial charge in [-0.25, -0.2) is 0 Å². The molecule has 6 N–H and O–H groups in total. The van der Waals surface area contributed by atoms with Gasteiger partial charge in [0.15, 0.2) is 18.0 Å². The summed E-state index contributed by atoms with van der Waals surface area (Å²) in [5.74, 6) is -2.88. The van der Waals surface area contributed by atoms with E-state index >= 15 is 4.11 Å². The lowest BCUT2D eigenvalue weighted by atomic mass is 9.82. The lowest BCUT2D eigenvalue weighted by molar-refractivity contribution is -0.274. The number of amides is 3. The van der Waals surface area contributed by atoms with Crippen LogP contribution in [0.15, 0.2) is 18.2 Å². The zero-order valence-electron chi connectivity index (χ0n) is 28.7. The fourth-order valence-corrected chi connectivity index (χ4v) is 10.6. The molecule has 0 saturated carbocycles. The fraction of sp³-hybridized carbons (Fsp3) is 0.697. The summed E-state index contributed by atoms with van der Waals surface area (Å²) in [6.45, 7) is 5.19. The van der Waals surface area contributed by atoms with Gasteiger partial charge in [-0.05, 0) is 57.0 Å². The van der Waals surface area contributed by atoms with Gasteiger partial charge in [0, 0.05) is 42.2 Å². The van der Waals surface area contributed by atoms with Crippen LogP contribution in [0.5, 0.6) is 0 Å². The summed E-state index contributed by atoms with van der Waals surface area (Å²) >= 11 is 0. The number of rotatable bonds is 11. The van der Waals surface area contributed by atoms with Gasteiger partial charge in [-0.2, -0.15) is 0 Å². The van der Waals surface area contributed by atoms with Gasteiger partial charge in [0.25, 0.3) is 11.8 Å². The molecular weight excluding hydrogens is 677 g/mol. The molecule has 4 heterocycles. The van der Waals surface area contributed by atoms with Crippen LogP contribution >= 0.6 is 0 Å². The Morgan fingerprint density at radius 2 is 1.84 bits per heavy atom. The second-order valence-corrected chi connectivity index (χ2v) is 18.0. The molecule has 50 heavy (non-hydrogen) atoms. The maximum atomic E-state index is 16.3. The largest absolute Gasteiger partial charge is 0.469 e. The SMILES string of the molecule is COC(=O)CCCCN1C(=O)[C@]2(O[C@H](CC(=O)N3CCC[C@H]3CO)[C@@H]([Si](C)(C)F)[C@@H]2C)c2cc(NC(=O)[C@H]3O[C@@H](O)[C@H](O)[C@@H](O)[C@@H]3O)ccc21. The number of carbonyl (C=O) groups excluding carboxylic acids is 4. The number of ether oxygens (including phenoxy) is 3. The van der Waals surface area contributed by atoms with Crippen molar-refractivity contribution >= 4 is 43.5 Å². The number of benzene rings is 1. The van der Waals surface area contributed by atoms with Crippen LogP contribution in [0.4, 0.5) is 15.5 Å². The molecule has 0 radical (unpaired) electrons. The smallest absolute Gasteiger partial charge is 0.305 e. The van der Waals surface area contributed by atoms with E-state index in [1.54, 1.807) is 17.9 Å². The minimum atomic E-state index is -3.63. The summed E-state index contributed by atoms with van der Waals surface area (Å²) in [5, 5.41) is 52.6. The number of halogens is 1. The average molecular weight is 726 g/mol. The first kappa shape index (κ1) is 38.2. The highest BCUT2D eigenvalue weighted by atomic mass is 28.4. The number of hydrogen-bond acceptors (Lipinski definition) is 12. The quantitative estimate of drug-likeness (QED) is 0.0785. The van der Waals surface area contributed by atoms with E-state index in [0.29, 0.717) is 37.1 Å². The third-order valence-electron chi connectivity index (χ3n) is 10.6. The van der Waals surface area contributed by atoms with Crippen molar-refractivity contribution in [3.63, 3.8) is 0 Å². The van der Waals surface area contributed by atoms with Gasteiger partial charge in [0.2, 0.25) is 14.3 Å². The van der Waals surface area contributed by atoms with Crippen LogP contribution < -0.4 is 10.2 Å². The lowest BCUT2D eigenvalue weighted by Crippen LogP contribution is -2.60. The fourth-order valence-electron chi connectivity index (χ4n) is 8.12. The number of esters is 1. The molecule has 0 aliphatic carbocycles. The number of nitrogens with zero attached hydrogens (tertiary/aromatic N) is 2. The molecule has 10 atom stereocenters. The number of nitrogens with one attached hydrogen (secondary N) is 1. The summed E-state index contributed by atoms with van der Waals surface area (Å²) in [4.78, 5) is 56.2.